The maximum Gasteiger partial charge on any atom is 0.162 e. The lowest BCUT2D eigenvalue weighted by Crippen LogP contribution is -1.97. The van der Waals surface area contributed by atoms with E-state index in [2.05, 4.69) is 170 Å². The molecule has 0 atom stereocenters. The number of hydrogen-bond donors (Lipinski definition) is 0. The molecule has 2 nitrogen and oxygen atoms in total. The van der Waals surface area contributed by atoms with Crippen molar-refractivity contribution in [1.82, 2.24) is 9.97 Å². The molecule has 0 bridgehead atoms. The molecule has 0 N–H and O–H groups in total. The van der Waals surface area contributed by atoms with Crippen LogP contribution < -0.4 is 0 Å². The van der Waals surface area contributed by atoms with Crippen LogP contribution in [0, 0.1) is 0 Å². The highest BCUT2D eigenvalue weighted by Gasteiger charge is 2.22. The summed E-state index contributed by atoms with van der Waals surface area (Å²) in [7, 11) is 0. The van der Waals surface area contributed by atoms with Gasteiger partial charge in [0, 0.05) is 26.6 Å². The second-order valence-electron chi connectivity index (χ2n) is 12.5. The van der Waals surface area contributed by atoms with Crippen LogP contribution in [0.15, 0.2) is 170 Å². The Hall–Kier alpha value is -6.16. The molecule has 0 aliphatic rings. The summed E-state index contributed by atoms with van der Waals surface area (Å²) in [5, 5.41) is 9.49. The van der Waals surface area contributed by atoms with Crippen molar-refractivity contribution in [2.45, 2.75) is 0 Å². The van der Waals surface area contributed by atoms with Crippen LogP contribution in [0.5, 0.6) is 0 Å². The van der Waals surface area contributed by atoms with E-state index in [0.29, 0.717) is 0 Å². The highest BCUT2D eigenvalue weighted by molar-refractivity contribution is 7.25. The number of benzene rings is 8. The number of aromatic nitrogens is 2. The van der Waals surface area contributed by atoms with Crippen molar-refractivity contribution in [2.24, 2.45) is 0 Å². The molecular weight excluding hydrogens is 613 g/mol. The van der Waals surface area contributed by atoms with Gasteiger partial charge in [-0.05, 0) is 66.7 Å². The molecule has 0 saturated carbocycles. The first kappa shape index (κ1) is 27.9. The topological polar surface area (TPSA) is 25.8 Å². The number of hydrogen-bond acceptors (Lipinski definition) is 3. The second kappa shape index (κ2) is 11.2. The van der Waals surface area contributed by atoms with Crippen molar-refractivity contribution in [2.75, 3.05) is 0 Å². The van der Waals surface area contributed by atoms with Crippen molar-refractivity contribution >= 4 is 64.0 Å². The Balaban J connectivity index is 1.27. The highest BCUT2D eigenvalue weighted by Crippen LogP contribution is 2.46. The average molecular weight is 641 g/mol. The van der Waals surface area contributed by atoms with Crippen LogP contribution >= 0.6 is 11.3 Å². The van der Waals surface area contributed by atoms with E-state index in [1.807, 2.05) is 0 Å². The van der Waals surface area contributed by atoms with Crippen LogP contribution in [-0.4, -0.2) is 9.97 Å². The summed E-state index contributed by atoms with van der Waals surface area (Å²) in [6.45, 7) is 0. The number of rotatable bonds is 4. The fourth-order valence-electron chi connectivity index (χ4n) is 7.54. The van der Waals surface area contributed by atoms with Gasteiger partial charge in [-0.15, -0.1) is 11.3 Å². The van der Waals surface area contributed by atoms with E-state index in [-0.39, 0.29) is 0 Å². The molecule has 0 radical (unpaired) electrons. The third-order valence-electron chi connectivity index (χ3n) is 9.69. The van der Waals surface area contributed by atoms with Crippen LogP contribution in [-0.2, 0) is 0 Å². The molecule has 0 spiro atoms. The minimum atomic E-state index is 0.751. The minimum absolute atomic E-state index is 0.751. The van der Waals surface area contributed by atoms with Crippen LogP contribution in [0.4, 0.5) is 0 Å². The van der Waals surface area contributed by atoms with E-state index in [1.54, 1.807) is 11.3 Å². The van der Waals surface area contributed by atoms with Gasteiger partial charge in [0.05, 0.1) is 5.69 Å². The lowest BCUT2D eigenvalue weighted by Gasteiger charge is -2.18. The van der Waals surface area contributed by atoms with E-state index in [4.69, 9.17) is 9.97 Å². The molecular formula is C46H28N2S. The molecule has 49 heavy (non-hydrogen) atoms. The summed E-state index contributed by atoms with van der Waals surface area (Å²) >= 11 is 1.74. The maximum atomic E-state index is 5.44. The van der Waals surface area contributed by atoms with Crippen molar-refractivity contribution in [3.63, 3.8) is 0 Å². The Morgan fingerprint density at radius 2 is 0.939 bits per heavy atom. The predicted molar refractivity (Wildman–Crippen MR) is 209 cm³/mol. The van der Waals surface area contributed by atoms with Crippen molar-refractivity contribution in [3.05, 3.63) is 170 Å². The molecule has 0 aliphatic carbocycles. The molecule has 10 rings (SSSR count). The summed E-state index contributed by atoms with van der Waals surface area (Å²) in [4.78, 5) is 11.8. The lowest BCUT2D eigenvalue weighted by atomic mass is 9.87. The molecule has 8 aromatic carbocycles. The Bertz CT molecular complexity index is 2820. The first-order valence-electron chi connectivity index (χ1n) is 16.6. The van der Waals surface area contributed by atoms with Gasteiger partial charge in [0.15, 0.2) is 5.82 Å². The first-order valence-corrected chi connectivity index (χ1v) is 17.4. The highest BCUT2D eigenvalue weighted by atomic mass is 32.1. The molecule has 0 saturated heterocycles. The normalized spacial score (nSPS) is 11.7. The summed E-state index contributed by atoms with van der Waals surface area (Å²) in [5.74, 6) is 0.751. The SMILES string of the molecule is c1ccc(-c2nc(-c3c4ccccc4c(-c4cccc(-c5cccc6ccccc56)c4)c4ccccc34)nc3sc4ccccc4c23)cc1. The molecule has 0 unspecified atom stereocenters. The summed E-state index contributed by atoms with van der Waals surface area (Å²) in [6, 6.07) is 60.8. The Labute approximate surface area is 287 Å². The Morgan fingerprint density at radius 1 is 0.388 bits per heavy atom. The molecule has 3 heteroatoms. The van der Waals surface area contributed by atoms with Crippen molar-refractivity contribution < 1.29 is 0 Å². The number of thiophene rings is 1. The number of fused-ring (bicyclic) bond motifs is 6. The van der Waals surface area contributed by atoms with E-state index >= 15 is 0 Å². The molecule has 10 aromatic rings. The molecule has 0 amide bonds. The molecule has 2 heterocycles. The molecule has 0 aliphatic heterocycles. The van der Waals surface area contributed by atoms with Gasteiger partial charge in [0.1, 0.15) is 4.83 Å². The van der Waals surface area contributed by atoms with E-state index in [9.17, 15) is 0 Å². The van der Waals surface area contributed by atoms with Gasteiger partial charge in [-0.2, -0.15) is 0 Å². The summed E-state index contributed by atoms with van der Waals surface area (Å²) in [5.41, 5.74) is 7.99. The van der Waals surface area contributed by atoms with Crippen molar-refractivity contribution in [3.8, 4) is 44.9 Å². The smallest absolute Gasteiger partial charge is 0.162 e. The fourth-order valence-corrected chi connectivity index (χ4v) is 8.62. The largest absolute Gasteiger partial charge is 0.227 e. The van der Waals surface area contributed by atoms with Crippen LogP contribution in [0.1, 0.15) is 0 Å². The van der Waals surface area contributed by atoms with Gasteiger partial charge in [0.2, 0.25) is 0 Å². The van der Waals surface area contributed by atoms with E-state index in [1.165, 1.54) is 53.9 Å². The van der Waals surface area contributed by atoms with Gasteiger partial charge in [-0.3, -0.25) is 0 Å². The third kappa shape index (κ3) is 4.47. The third-order valence-corrected chi connectivity index (χ3v) is 10.8. The summed E-state index contributed by atoms with van der Waals surface area (Å²) < 4.78 is 1.22. The minimum Gasteiger partial charge on any atom is -0.227 e. The summed E-state index contributed by atoms with van der Waals surface area (Å²) in [6.07, 6.45) is 0. The quantitative estimate of drug-likeness (QED) is 0.179. The van der Waals surface area contributed by atoms with Crippen LogP contribution in [0.25, 0.3) is 97.5 Å². The predicted octanol–water partition coefficient (Wildman–Crippen LogP) is 13.0. The Morgan fingerprint density at radius 3 is 1.69 bits per heavy atom. The molecule has 2 aromatic heterocycles. The van der Waals surface area contributed by atoms with Gasteiger partial charge in [-0.1, -0.05) is 158 Å². The van der Waals surface area contributed by atoms with Crippen molar-refractivity contribution in [1.29, 1.82) is 0 Å². The van der Waals surface area contributed by atoms with Gasteiger partial charge >= 0.3 is 0 Å². The van der Waals surface area contributed by atoms with Gasteiger partial charge in [-0.25, -0.2) is 9.97 Å². The first-order chi connectivity index (χ1) is 24.3. The zero-order chi connectivity index (χ0) is 32.3. The average Bonchev–Trinajstić information content (AvgIpc) is 3.55. The Kier molecular flexibility index (Phi) is 6.39. The van der Waals surface area contributed by atoms with E-state index in [0.717, 1.165) is 43.6 Å². The maximum absolute atomic E-state index is 5.44. The monoisotopic (exact) mass is 640 g/mol. The standard InChI is InChI=1S/C46H28N2S/c1-2-15-30(16-3-1)44-43-39-25-10-11-27-40(39)49-46(43)48-45(47-44)42-37-23-8-6-21-35(37)41(36-22-7-9-24-38(36)42)32-19-12-18-31(28-32)34-26-13-17-29-14-4-5-20-33(29)34/h1-28H. The zero-order valence-electron chi connectivity index (χ0n) is 26.5. The van der Waals surface area contributed by atoms with Gasteiger partial charge < -0.3 is 0 Å². The lowest BCUT2D eigenvalue weighted by molar-refractivity contribution is 1.25. The second-order valence-corrected chi connectivity index (χ2v) is 13.5. The van der Waals surface area contributed by atoms with Gasteiger partial charge in [0.25, 0.3) is 0 Å². The molecule has 0 fully saturated rings. The van der Waals surface area contributed by atoms with Crippen LogP contribution in [0.2, 0.25) is 0 Å². The van der Waals surface area contributed by atoms with E-state index < -0.39 is 0 Å². The number of nitrogens with zero attached hydrogens (tertiary/aromatic N) is 2. The van der Waals surface area contributed by atoms with Crippen LogP contribution in [0.3, 0.4) is 0 Å². The fraction of sp³-hybridized carbons (Fsp3) is 0. The zero-order valence-corrected chi connectivity index (χ0v) is 27.3. The molecule has 228 valence electrons.